The predicted molar refractivity (Wildman–Crippen MR) is 58.6 cm³/mol. The molecule has 0 bridgehead atoms. The summed E-state index contributed by atoms with van der Waals surface area (Å²) >= 11 is 0. The van der Waals surface area contributed by atoms with Gasteiger partial charge in [0, 0.05) is 6.92 Å². The lowest BCUT2D eigenvalue weighted by molar-refractivity contribution is -0.151. The van der Waals surface area contributed by atoms with E-state index in [2.05, 4.69) is 20.4 Å². The number of carbonyl (C=O) groups excluding carboxylic acids is 1. The average Bonchev–Trinajstić information content (AvgIpc) is 2.70. The third kappa shape index (κ3) is 3.34. The standard InChI is InChI=1S/C12H20O3/c1-6-12(5,14-9(2)13)8-7-10-11(3,4)15-10/h6,10H,1,7-8H2,2-5H3/t10?,12-/m0/s1. The molecule has 2 atom stereocenters. The van der Waals surface area contributed by atoms with Crippen molar-refractivity contribution in [1.29, 1.82) is 0 Å². The van der Waals surface area contributed by atoms with Gasteiger partial charge < -0.3 is 9.47 Å². The van der Waals surface area contributed by atoms with Crippen LogP contribution in [0, 0.1) is 0 Å². The number of hydrogen-bond acceptors (Lipinski definition) is 3. The minimum absolute atomic E-state index is 0.00168. The highest BCUT2D eigenvalue weighted by Gasteiger charge is 2.47. The van der Waals surface area contributed by atoms with Gasteiger partial charge in [-0.1, -0.05) is 6.58 Å². The molecule has 0 spiro atoms. The Kier molecular flexibility index (Phi) is 3.24. The molecule has 3 nitrogen and oxygen atoms in total. The molecule has 0 aromatic heterocycles. The van der Waals surface area contributed by atoms with Gasteiger partial charge in [-0.15, -0.1) is 0 Å². The van der Waals surface area contributed by atoms with Crippen LogP contribution in [0.3, 0.4) is 0 Å². The molecule has 1 fully saturated rings. The zero-order valence-electron chi connectivity index (χ0n) is 10.0. The summed E-state index contributed by atoms with van der Waals surface area (Å²) in [4.78, 5) is 10.9. The second kappa shape index (κ2) is 3.97. The van der Waals surface area contributed by atoms with Gasteiger partial charge in [0.15, 0.2) is 0 Å². The van der Waals surface area contributed by atoms with Crippen molar-refractivity contribution in [2.75, 3.05) is 0 Å². The van der Waals surface area contributed by atoms with Crippen molar-refractivity contribution < 1.29 is 14.3 Å². The first kappa shape index (κ1) is 12.2. The number of ether oxygens (including phenoxy) is 2. The Hall–Kier alpha value is -0.830. The highest BCUT2D eigenvalue weighted by Crippen LogP contribution is 2.39. The topological polar surface area (TPSA) is 38.8 Å². The minimum atomic E-state index is -0.562. The molecular weight excluding hydrogens is 192 g/mol. The van der Waals surface area contributed by atoms with Crippen LogP contribution in [0.2, 0.25) is 0 Å². The summed E-state index contributed by atoms with van der Waals surface area (Å²) in [6.45, 7) is 11.1. The Morgan fingerprint density at radius 3 is 2.53 bits per heavy atom. The molecule has 1 rings (SSSR count). The second-order valence-electron chi connectivity index (χ2n) is 4.86. The lowest BCUT2D eigenvalue weighted by Crippen LogP contribution is -2.29. The van der Waals surface area contributed by atoms with E-state index < -0.39 is 5.60 Å². The molecule has 0 aromatic rings. The van der Waals surface area contributed by atoms with E-state index in [0.717, 1.165) is 12.8 Å². The van der Waals surface area contributed by atoms with Crippen molar-refractivity contribution in [3.63, 3.8) is 0 Å². The Morgan fingerprint density at radius 1 is 1.67 bits per heavy atom. The van der Waals surface area contributed by atoms with Gasteiger partial charge in [0.2, 0.25) is 0 Å². The van der Waals surface area contributed by atoms with Crippen LogP contribution in [0.25, 0.3) is 0 Å². The van der Waals surface area contributed by atoms with E-state index in [4.69, 9.17) is 9.47 Å². The first-order valence-corrected chi connectivity index (χ1v) is 5.30. The van der Waals surface area contributed by atoms with Crippen LogP contribution >= 0.6 is 0 Å². The van der Waals surface area contributed by atoms with E-state index in [9.17, 15) is 4.79 Å². The molecule has 1 saturated heterocycles. The van der Waals surface area contributed by atoms with E-state index in [1.54, 1.807) is 6.08 Å². The fourth-order valence-corrected chi connectivity index (χ4v) is 1.68. The highest BCUT2D eigenvalue weighted by molar-refractivity contribution is 5.66. The van der Waals surface area contributed by atoms with Gasteiger partial charge in [0.1, 0.15) is 5.60 Å². The molecule has 15 heavy (non-hydrogen) atoms. The lowest BCUT2D eigenvalue weighted by atomic mass is 9.96. The summed E-state index contributed by atoms with van der Waals surface area (Å²) in [6.07, 6.45) is 3.61. The van der Waals surface area contributed by atoms with Gasteiger partial charge in [-0.3, -0.25) is 4.79 Å². The van der Waals surface area contributed by atoms with Crippen molar-refractivity contribution in [3.8, 4) is 0 Å². The number of carbonyl (C=O) groups is 1. The minimum Gasteiger partial charge on any atom is -0.455 e. The smallest absolute Gasteiger partial charge is 0.303 e. The summed E-state index contributed by atoms with van der Waals surface area (Å²) in [7, 11) is 0. The fourth-order valence-electron chi connectivity index (χ4n) is 1.68. The molecular formula is C12H20O3. The number of hydrogen-bond donors (Lipinski definition) is 0. The van der Waals surface area contributed by atoms with Crippen LogP contribution in [-0.4, -0.2) is 23.3 Å². The molecule has 0 N–H and O–H groups in total. The summed E-state index contributed by atoms with van der Waals surface area (Å²) < 4.78 is 10.7. The lowest BCUT2D eigenvalue weighted by Gasteiger charge is -2.25. The van der Waals surface area contributed by atoms with Crippen molar-refractivity contribution in [1.82, 2.24) is 0 Å². The molecule has 0 aromatic carbocycles. The largest absolute Gasteiger partial charge is 0.455 e. The van der Waals surface area contributed by atoms with Crippen molar-refractivity contribution in [3.05, 3.63) is 12.7 Å². The van der Waals surface area contributed by atoms with Crippen LogP contribution in [-0.2, 0) is 14.3 Å². The molecule has 1 aliphatic heterocycles. The highest BCUT2D eigenvalue weighted by atomic mass is 16.6. The predicted octanol–water partition coefficient (Wildman–Crippen LogP) is 2.45. The van der Waals surface area contributed by atoms with Gasteiger partial charge in [-0.25, -0.2) is 0 Å². The first-order chi connectivity index (χ1) is 6.79. The average molecular weight is 212 g/mol. The van der Waals surface area contributed by atoms with E-state index in [0.29, 0.717) is 0 Å². The summed E-state index contributed by atoms with van der Waals surface area (Å²) in [5.74, 6) is -0.270. The molecule has 0 saturated carbocycles. The molecule has 86 valence electrons. The van der Waals surface area contributed by atoms with Crippen LogP contribution < -0.4 is 0 Å². The van der Waals surface area contributed by atoms with Crippen LogP contribution in [0.1, 0.15) is 40.5 Å². The quantitative estimate of drug-likeness (QED) is 0.399. The van der Waals surface area contributed by atoms with Crippen molar-refractivity contribution in [2.45, 2.75) is 57.8 Å². The summed E-state index contributed by atoms with van der Waals surface area (Å²) in [5.41, 5.74) is -0.563. The SMILES string of the molecule is C=C[C@@](C)(CCC1OC1(C)C)OC(C)=O. The second-order valence-corrected chi connectivity index (χ2v) is 4.86. The van der Waals surface area contributed by atoms with Gasteiger partial charge in [-0.05, 0) is 39.7 Å². The molecule has 1 heterocycles. The van der Waals surface area contributed by atoms with E-state index in [-0.39, 0.29) is 17.7 Å². The maximum absolute atomic E-state index is 10.9. The molecule has 3 heteroatoms. The fraction of sp³-hybridized carbons (Fsp3) is 0.750. The van der Waals surface area contributed by atoms with Crippen LogP contribution in [0.4, 0.5) is 0 Å². The van der Waals surface area contributed by atoms with Gasteiger partial charge >= 0.3 is 5.97 Å². The normalized spacial score (nSPS) is 26.5. The van der Waals surface area contributed by atoms with E-state index in [1.807, 2.05) is 6.92 Å². The summed E-state index contributed by atoms with van der Waals surface area (Å²) in [5, 5.41) is 0. The molecule has 0 amide bonds. The maximum Gasteiger partial charge on any atom is 0.303 e. The van der Waals surface area contributed by atoms with Gasteiger partial charge in [0.05, 0.1) is 11.7 Å². The van der Waals surface area contributed by atoms with E-state index in [1.165, 1.54) is 6.92 Å². The van der Waals surface area contributed by atoms with Crippen LogP contribution in [0.5, 0.6) is 0 Å². The van der Waals surface area contributed by atoms with Gasteiger partial charge in [-0.2, -0.15) is 0 Å². The zero-order valence-corrected chi connectivity index (χ0v) is 10.0. The molecule has 1 aliphatic rings. The molecule has 0 aliphatic carbocycles. The first-order valence-electron chi connectivity index (χ1n) is 5.30. The number of rotatable bonds is 5. The maximum atomic E-state index is 10.9. The zero-order chi connectivity index (χ0) is 11.7. The van der Waals surface area contributed by atoms with Gasteiger partial charge in [0.25, 0.3) is 0 Å². The summed E-state index contributed by atoms with van der Waals surface area (Å²) in [6, 6.07) is 0. The Labute approximate surface area is 91.4 Å². The molecule has 1 unspecified atom stereocenters. The molecule has 0 radical (unpaired) electrons. The third-order valence-electron chi connectivity index (χ3n) is 2.88. The Morgan fingerprint density at radius 2 is 2.20 bits per heavy atom. The Bertz CT molecular complexity index is 270. The van der Waals surface area contributed by atoms with E-state index >= 15 is 0 Å². The number of esters is 1. The monoisotopic (exact) mass is 212 g/mol. The number of epoxide rings is 1. The van der Waals surface area contributed by atoms with Crippen molar-refractivity contribution >= 4 is 5.97 Å². The van der Waals surface area contributed by atoms with Crippen LogP contribution in [0.15, 0.2) is 12.7 Å². The Balaban J connectivity index is 2.40. The third-order valence-corrected chi connectivity index (χ3v) is 2.88. The van der Waals surface area contributed by atoms with Crippen molar-refractivity contribution in [2.24, 2.45) is 0 Å².